The fraction of sp³-hybridized carbons (Fsp3) is 0.722. The maximum absolute atomic E-state index is 6.08. The van der Waals surface area contributed by atoms with Crippen molar-refractivity contribution in [3.63, 3.8) is 0 Å². The number of aliphatic imine (C=N–C) groups is 1. The third-order valence-electron chi connectivity index (χ3n) is 4.47. The largest absolute Gasteiger partial charge is 0.357 e. The number of nitrogens with zero attached hydrogens (tertiary/aromatic N) is 4. The molecule has 1 aliphatic rings. The van der Waals surface area contributed by atoms with Gasteiger partial charge in [0.2, 0.25) is 0 Å². The molecule has 6 heteroatoms. The van der Waals surface area contributed by atoms with Gasteiger partial charge in [0.25, 0.3) is 0 Å². The summed E-state index contributed by atoms with van der Waals surface area (Å²) in [6, 6.07) is 3.39. The van der Waals surface area contributed by atoms with Crippen molar-refractivity contribution in [1.82, 2.24) is 19.7 Å². The van der Waals surface area contributed by atoms with Crippen molar-refractivity contribution in [2.24, 2.45) is 12.0 Å². The third kappa shape index (κ3) is 5.42. The van der Waals surface area contributed by atoms with Crippen LogP contribution in [0.4, 0.5) is 0 Å². The van der Waals surface area contributed by atoms with Crippen LogP contribution in [0.3, 0.4) is 0 Å². The van der Waals surface area contributed by atoms with Crippen molar-refractivity contribution in [2.45, 2.75) is 52.2 Å². The standard InChI is InChI=1S/C18H32ClN5/c1-6-20-18(21-9-10-24(14(2)3)16-7-8-16)23(5)13-17-11-15(19)12-22(17)4/h11-12,14,16H,6-10,13H2,1-5H3,(H,20,21). The quantitative estimate of drug-likeness (QED) is 0.576. The van der Waals surface area contributed by atoms with Crippen molar-refractivity contribution in [2.75, 3.05) is 26.7 Å². The van der Waals surface area contributed by atoms with Crippen LogP contribution < -0.4 is 5.32 Å². The number of rotatable bonds is 8. The van der Waals surface area contributed by atoms with Crippen LogP contribution in [0.15, 0.2) is 17.3 Å². The van der Waals surface area contributed by atoms with Crippen LogP contribution in [0.5, 0.6) is 0 Å². The van der Waals surface area contributed by atoms with E-state index in [-0.39, 0.29) is 0 Å². The second kappa shape index (κ2) is 8.77. The lowest BCUT2D eigenvalue weighted by Crippen LogP contribution is -2.40. The molecule has 24 heavy (non-hydrogen) atoms. The molecule has 1 aromatic rings. The zero-order valence-electron chi connectivity index (χ0n) is 15.7. The maximum Gasteiger partial charge on any atom is 0.194 e. The topological polar surface area (TPSA) is 35.8 Å². The average Bonchev–Trinajstić information content (AvgIpc) is 3.28. The molecular weight excluding hydrogens is 322 g/mol. The fourth-order valence-corrected chi connectivity index (χ4v) is 3.32. The van der Waals surface area contributed by atoms with Crippen molar-refractivity contribution in [1.29, 1.82) is 0 Å². The molecule has 0 aliphatic heterocycles. The van der Waals surface area contributed by atoms with Crippen LogP contribution in [-0.4, -0.2) is 59.1 Å². The number of guanidine groups is 1. The number of aromatic nitrogens is 1. The van der Waals surface area contributed by atoms with E-state index in [1.165, 1.54) is 18.5 Å². The lowest BCUT2D eigenvalue weighted by molar-refractivity contribution is 0.217. The smallest absolute Gasteiger partial charge is 0.194 e. The molecule has 1 aliphatic carbocycles. The number of hydrogen-bond donors (Lipinski definition) is 1. The van der Waals surface area contributed by atoms with Crippen LogP contribution in [0, 0.1) is 0 Å². The van der Waals surface area contributed by atoms with Crippen molar-refractivity contribution in [3.05, 3.63) is 23.0 Å². The number of hydrogen-bond acceptors (Lipinski definition) is 2. The van der Waals surface area contributed by atoms with Crippen molar-refractivity contribution < 1.29 is 0 Å². The lowest BCUT2D eigenvalue weighted by atomic mass is 10.3. The van der Waals surface area contributed by atoms with E-state index in [0.717, 1.165) is 43.2 Å². The SMILES string of the molecule is CCNC(=NCCN(C(C)C)C1CC1)N(C)Cc1cc(Cl)cn1C. The molecule has 0 aromatic carbocycles. The number of nitrogens with one attached hydrogen (secondary N) is 1. The molecule has 0 atom stereocenters. The van der Waals surface area contributed by atoms with Crippen LogP contribution in [0.2, 0.25) is 5.02 Å². The second-order valence-corrected chi connectivity index (χ2v) is 7.35. The minimum absolute atomic E-state index is 0.596. The Balaban J connectivity index is 1.94. The molecule has 5 nitrogen and oxygen atoms in total. The lowest BCUT2D eigenvalue weighted by Gasteiger charge is -2.26. The first-order chi connectivity index (χ1) is 11.4. The van der Waals surface area contributed by atoms with Gasteiger partial charge in [-0.2, -0.15) is 0 Å². The van der Waals surface area contributed by atoms with Gasteiger partial charge in [0, 0.05) is 51.2 Å². The summed E-state index contributed by atoms with van der Waals surface area (Å²) >= 11 is 6.08. The maximum atomic E-state index is 6.08. The first-order valence-electron chi connectivity index (χ1n) is 8.98. The van der Waals surface area contributed by atoms with Gasteiger partial charge >= 0.3 is 0 Å². The molecule has 1 fully saturated rings. The minimum atomic E-state index is 0.596. The molecule has 2 rings (SSSR count). The zero-order valence-corrected chi connectivity index (χ0v) is 16.5. The zero-order chi connectivity index (χ0) is 17.7. The summed E-state index contributed by atoms with van der Waals surface area (Å²) in [5, 5.41) is 4.17. The van der Waals surface area contributed by atoms with Crippen LogP contribution in [0.25, 0.3) is 0 Å². The predicted octanol–water partition coefficient (Wildman–Crippen LogP) is 2.95. The van der Waals surface area contributed by atoms with Gasteiger partial charge in [0.05, 0.1) is 18.1 Å². The Bertz CT molecular complexity index is 546. The highest BCUT2D eigenvalue weighted by molar-refractivity contribution is 6.30. The Morgan fingerprint density at radius 3 is 2.67 bits per heavy atom. The molecular formula is C18H32ClN5. The van der Waals surface area contributed by atoms with Crippen LogP contribution in [-0.2, 0) is 13.6 Å². The molecule has 0 amide bonds. The third-order valence-corrected chi connectivity index (χ3v) is 4.68. The van der Waals surface area contributed by atoms with E-state index in [2.05, 4.69) is 47.5 Å². The Morgan fingerprint density at radius 2 is 2.17 bits per heavy atom. The van der Waals surface area contributed by atoms with Gasteiger partial charge < -0.3 is 14.8 Å². The Hall–Kier alpha value is -1.20. The normalized spacial score (nSPS) is 15.4. The summed E-state index contributed by atoms with van der Waals surface area (Å²) in [7, 11) is 4.10. The Morgan fingerprint density at radius 1 is 1.46 bits per heavy atom. The summed E-state index contributed by atoms with van der Waals surface area (Å²) in [4.78, 5) is 9.56. The van der Waals surface area contributed by atoms with Gasteiger partial charge in [0.1, 0.15) is 0 Å². The molecule has 136 valence electrons. The summed E-state index contributed by atoms with van der Waals surface area (Å²) < 4.78 is 2.07. The van der Waals surface area contributed by atoms with Gasteiger partial charge in [-0.3, -0.25) is 9.89 Å². The van der Waals surface area contributed by atoms with Crippen molar-refractivity contribution in [3.8, 4) is 0 Å². The van der Waals surface area contributed by atoms with E-state index in [4.69, 9.17) is 16.6 Å². The first-order valence-corrected chi connectivity index (χ1v) is 9.36. The molecule has 1 N–H and O–H groups in total. The Kier molecular flexibility index (Phi) is 6.99. The molecule has 1 aromatic heterocycles. The van der Waals surface area contributed by atoms with Gasteiger partial charge in [-0.15, -0.1) is 0 Å². The molecule has 0 saturated heterocycles. The van der Waals surface area contributed by atoms with E-state index in [1.807, 2.05) is 19.3 Å². The van der Waals surface area contributed by atoms with Crippen LogP contribution in [0.1, 0.15) is 39.3 Å². The number of aryl methyl sites for hydroxylation is 1. The first kappa shape index (κ1) is 19.1. The second-order valence-electron chi connectivity index (χ2n) is 6.92. The number of halogens is 1. The summed E-state index contributed by atoms with van der Waals surface area (Å²) in [5.74, 6) is 0.953. The molecule has 0 unspecified atom stereocenters. The van der Waals surface area contributed by atoms with Crippen LogP contribution >= 0.6 is 11.6 Å². The molecule has 0 radical (unpaired) electrons. The fourth-order valence-electron chi connectivity index (χ4n) is 3.05. The highest BCUT2D eigenvalue weighted by Crippen LogP contribution is 2.28. The van der Waals surface area contributed by atoms with Gasteiger partial charge in [-0.1, -0.05) is 11.6 Å². The predicted molar refractivity (Wildman–Crippen MR) is 103 cm³/mol. The Labute approximate surface area is 151 Å². The summed E-state index contributed by atoms with van der Waals surface area (Å²) in [6.07, 6.45) is 4.62. The van der Waals surface area contributed by atoms with Crippen molar-refractivity contribution >= 4 is 17.6 Å². The van der Waals surface area contributed by atoms with E-state index >= 15 is 0 Å². The van der Waals surface area contributed by atoms with Gasteiger partial charge in [-0.05, 0) is 39.7 Å². The van der Waals surface area contributed by atoms with Gasteiger partial charge in [-0.25, -0.2) is 0 Å². The average molecular weight is 354 g/mol. The molecule has 1 saturated carbocycles. The molecule has 0 spiro atoms. The molecule has 1 heterocycles. The summed E-state index contributed by atoms with van der Waals surface area (Å²) in [6.45, 7) is 10.2. The van der Waals surface area contributed by atoms with E-state index < -0.39 is 0 Å². The highest BCUT2D eigenvalue weighted by atomic mass is 35.5. The van der Waals surface area contributed by atoms with E-state index in [1.54, 1.807) is 0 Å². The highest BCUT2D eigenvalue weighted by Gasteiger charge is 2.30. The van der Waals surface area contributed by atoms with Gasteiger partial charge in [0.15, 0.2) is 5.96 Å². The van der Waals surface area contributed by atoms with E-state index in [9.17, 15) is 0 Å². The minimum Gasteiger partial charge on any atom is -0.357 e. The van der Waals surface area contributed by atoms with E-state index in [0.29, 0.717) is 6.04 Å². The monoisotopic (exact) mass is 353 g/mol. The molecule has 0 bridgehead atoms. The summed E-state index contributed by atoms with van der Waals surface area (Å²) in [5.41, 5.74) is 1.18.